The Morgan fingerprint density at radius 1 is 1.60 bits per heavy atom. The molecule has 3 nitrogen and oxygen atoms in total. The van der Waals surface area contributed by atoms with Crippen LogP contribution in [0.5, 0.6) is 0 Å². The minimum absolute atomic E-state index is 0.111. The third kappa shape index (κ3) is 3.33. The van der Waals surface area contributed by atoms with Crippen LogP contribution in [0.1, 0.15) is 46.5 Å². The first-order chi connectivity index (χ1) is 6.93. The predicted octanol–water partition coefficient (Wildman–Crippen LogP) is 3.43. The summed E-state index contributed by atoms with van der Waals surface area (Å²) < 4.78 is 0. The summed E-state index contributed by atoms with van der Waals surface area (Å²) in [5, 5.41) is 10.3. The normalized spacial score (nSPS) is 24.7. The molecule has 86 valence electrons. The fraction of sp³-hybridized carbons (Fsp3) is 0.833. The first-order valence-corrected chi connectivity index (χ1v) is 5.72. The zero-order valence-electron chi connectivity index (χ0n) is 9.95. The number of hydrogen-bond acceptors (Lipinski definition) is 2. The van der Waals surface area contributed by atoms with E-state index in [1.165, 1.54) is 12.0 Å². The van der Waals surface area contributed by atoms with Gasteiger partial charge in [-0.05, 0) is 37.5 Å². The molecule has 1 atom stereocenters. The van der Waals surface area contributed by atoms with Gasteiger partial charge in [-0.3, -0.25) is 10.1 Å². The lowest BCUT2D eigenvalue weighted by atomic mass is 9.67. The van der Waals surface area contributed by atoms with Crippen molar-refractivity contribution in [1.29, 1.82) is 0 Å². The molecular formula is C12H21NO2. The summed E-state index contributed by atoms with van der Waals surface area (Å²) in [7, 11) is 0. The van der Waals surface area contributed by atoms with Gasteiger partial charge >= 0.3 is 0 Å². The standard InChI is InChI=1S/C12H21NO2/c1-10-6-4-8-12(2,3)11(10)7-5-9-13(14)15/h6,11H,4-5,7-9H2,1-3H3/t11-/m1/s1. The maximum Gasteiger partial charge on any atom is 0.203 e. The van der Waals surface area contributed by atoms with E-state index in [1.807, 2.05) is 0 Å². The van der Waals surface area contributed by atoms with Crippen LogP contribution in [0, 0.1) is 21.4 Å². The number of hydrogen-bond donors (Lipinski definition) is 0. The third-order valence-corrected chi connectivity index (χ3v) is 3.58. The summed E-state index contributed by atoms with van der Waals surface area (Å²) in [5.41, 5.74) is 1.74. The highest BCUT2D eigenvalue weighted by Gasteiger charge is 2.32. The smallest absolute Gasteiger partial charge is 0.203 e. The fourth-order valence-electron chi connectivity index (χ4n) is 2.65. The van der Waals surface area contributed by atoms with Gasteiger partial charge in [-0.25, -0.2) is 0 Å². The van der Waals surface area contributed by atoms with Gasteiger partial charge in [-0.1, -0.05) is 25.5 Å². The van der Waals surface area contributed by atoms with Crippen LogP contribution >= 0.6 is 0 Å². The molecule has 15 heavy (non-hydrogen) atoms. The van der Waals surface area contributed by atoms with Gasteiger partial charge in [0.15, 0.2) is 0 Å². The van der Waals surface area contributed by atoms with Gasteiger partial charge in [0.1, 0.15) is 0 Å². The quantitative estimate of drug-likeness (QED) is 0.406. The van der Waals surface area contributed by atoms with Crippen LogP contribution in [0.15, 0.2) is 11.6 Å². The van der Waals surface area contributed by atoms with Crippen LogP contribution in [-0.2, 0) is 0 Å². The summed E-state index contributed by atoms with van der Waals surface area (Å²) in [6.45, 7) is 6.83. The molecule has 3 heteroatoms. The lowest BCUT2D eigenvalue weighted by molar-refractivity contribution is -0.480. The van der Waals surface area contributed by atoms with Crippen molar-refractivity contribution in [3.05, 3.63) is 21.8 Å². The second-order valence-corrected chi connectivity index (χ2v) is 5.23. The molecule has 1 aliphatic rings. The van der Waals surface area contributed by atoms with Gasteiger partial charge in [0.2, 0.25) is 6.54 Å². The lowest BCUT2D eigenvalue weighted by Gasteiger charge is -2.38. The summed E-state index contributed by atoms with van der Waals surface area (Å²) in [6, 6.07) is 0. The summed E-state index contributed by atoms with van der Waals surface area (Å²) in [5.74, 6) is 0.534. The summed E-state index contributed by atoms with van der Waals surface area (Å²) >= 11 is 0. The predicted molar refractivity (Wildman–Crippen MR) is 61.4 cm³/mol. The van der Waals surface area contributed by atoms with Gasteiger partial charge in [0, 0.05) is 11.3 Å². The second kappa shape index (κ2) is 4.77. The van der Waals surface area contributed by atoms with Crippen LogP contribution < -0.4 is 0 Å². The molecule has 0 bridgehead atoms. The van der Waals surface area contributed by atoms with E-state index in [1.54, 1.807) is 0 Å². The van der Waals surface area contributed by atoms with Gasteiger partial charge in [0.25, 0.3) is 0 Å². The molecule has 0 aromatic rings. The Balaban J connectivity index is 2.53. The number of allylic oxidation sites excluding steroid dienone is 2. The van der Waals surface area contributed by atoms with Crippen LogP contribution in [0.2, 0.25) is 0 Å². The molecule has 0 saturated carbocycles. The Morgan fingerprint density at radius 2 is 2.27 bits per heavy atom. The van der Waals surface area contributed by atoms with E-state index in [0.29, 0.717) is 17.8 Å². The van der Waals surface area contributed by atoms with E-state index in [9.17, 15) is 10.1 Å². The highest BCUT2D eigenvalue weighted by molar-refractivity contribution is 5.11. The number of rotatable bonds is 4. The Kier molecular flexibility index (Phi) is 3.89. The van der Waals surface area contributed by atoms with Gasteiger partial charge in [0.05, 0.1) is 0 Å². The van der Waals surface area contributed by atoms with Crippen LogP contribution in [-0.4, -0.2) is 11.5 Å². The molecule has 0 aromatic carbocycles. The number of nitro groups is 1. The van der Waals surface area contributed by atoms with Crippen molar-refractivity contribution in [2.75, 3.05) is 6.54 Å². The largest absolute Gasteiger partial charge is 0.265 e. The zero-order chi connectivity index (χ0) is 11.5. The average Bonchev–Trinajstić information content (AvgIpc) is 2.09. The Morgan fingerprint density at radius 3 is 2.80 bits per heavy atom. The minimum atomic E-state index is -0.213. The Bertz CT molecular complexity index is 269. The Labute approximate surface area is 91.7 Å². The molecule has 0 unspecified atom stereocenters. The molecule has 0 aliphatic heterocycles. The van der Waals surface area contributed by atoms with Gasteiger partial charge in [-0.2, -0.15) is 0 Å². The highest BCUT2D eigenvalue weighted by atomic mass is 16.6. The first kappa shape index (κ1) is 12.2. The fourth-order valence-corrected chi connectivity index (χ4v) is 2.65. The highest BCUT2D eigenvalue weighted by Crippen LogP contribution is 2.43. The van der Waals surface area contributed by atoms with Crippen molar-refractivity contribution in [3.63, 3.8) is 0 Å². The van der Waals surface area contributed by atoms with E-state index >= 15 is 0 Å². The SMILES string of the molecule is CC1=CCCC(C)(C)[C@@H]1CCC[N+](=O)[O-]. The molecule has 0 saturated heterocycles. The van der Waals surface area contributed by atoms with Crippen molar-refractivity contribution in [1.82, 2.24) is 0 Å². The van der Waals surface area contributed by atoms with E-state index in [2.05, 4.69) is 26.8 Å². The van der Waals surface area contributed by atoms with Crippen molar-refractivity contribution < 1.29 is 4.92 Å². The monoisotopic (exact) mass is 211 g/mol. The maximum absolute atomic E-state index is 10.3. The molecule has 0 spiro atoms. The zero-order valence-corrected chi connectivity index (χ0v) is 9.95. The number of nitrogens with zero attached hydrogens (tertiary/aromatic N) is 1. The molecule has 0 radical (unpaired) electrons. The molecule has 0 aromatic heterocycles. The second-order valence-electron chi connectivity index (χ2n) is 5.23. The molecule has 0 amide bonds. The van der Waals surface area contributed by atoms with Crippen LogP contribution in [0.4, 0.5) is 0 Å². The molecule has 0 N–H and O–H groups in total. The van der Waals surface area contributed by atoms with E-state index < -0.39 is 0 Å². The van der Waals surface area contributed by atoms with Crippen LogP contribution in [0.25, 0.3) is 0 Å². The third-order valence-electron chi connectivity index (χ3n) is 3.58. The average molecular weight is 211 g/mol. The molecule has 0 heterocycles. The van der Waals surface area contributed by atoms with Crippen molar-refractivity contribution in [2.45, 2.75) is 46.5 Å². The molecule has 1 aliphatic carbocycles. The first-order valence-electron chi connectivity index (χ1n) is 5.72. The van der Waals surface area contributed by atoms with E-state index in [-0.39, 0.29) is 11.5 Å². The minimum Gasteiger partial charge on any atom is -0.265 e. The van der Waals surface area contributed by atoms with Crippen molar-refractivity contribution in [2.24, 2.45) is 11.3 Å². The van der Waals surface area contributed by atoms with Crippen molar-refractivity contribution in [3.8, 4) is 0 Å². The Hall–Kier alpha value is -0.860. The van der Waals surface area contributed by atoms with Crippen LogP contribution in [0.3, 0.4) is 0 Å². The van der Waals surface area contributed by atoms with E-state index in [4.69, 9.17) is 0 Å². The molecule has 0 fully saturated rings. The molecular weight excluding hydrogens is 190 g/mol. The summed E-state index contributed by atoms with van der Waals surface area (Å²) in [6.07, 6.45) is 6.31. The lowest BCUT2D eigenvalue weighted by Crippen LogP contribution is -2.28. The van der Waals surface area contributed by atoms with Gasteiger partial charge in [-0.15, -0.1) is 0 Å². The summed E-state index contributed by atoms with van der Waals surface area (Å²) in [4.78, 5) is 10.1. The van der Waals surface area contributed by atoms with Crippen molar-refractivity contribution >= 4 is 0 Å². The maximum atomic E-state index is 10.3. The van der Waals surface area contributed by atoms with Gasteiger partial charge < -0.3 is 0 Å². The van der Waals surface area contributed by atoms with E-state index in [0.717, 1.165) is 12.8 Å². The topological polar surface area (TPSA) is 43.1 Å². The molecule has 1 rings (SSSR count).